The lowest BCUT2D eigenvalue weighted by Gasteiger charge is -2.16. The third-order valence-corrected chi connectivity index (χ3v) is 4.80. The van der Waals surface area contributed by atoms with Crippen molar-refractivity contribution in [3.8, 4) is 22.5 Å². The molecule has 2 heterocycles. The van der Waals surface area contributed by atoms with E-state index in [-0.39, 0.29) is 28.8 Å². The molecule has 0 aliphatic heterocycles. The summed E-state index contributed by atoms with van der Waals surface area (Å²) < 4.78 is 80.2. The summed E-state index contributed by atoms with van der Waals surface area (Å²) in [5, 5.41) is 3.15. The van der Waals surface area contributed by atoms with E-state index in [1.807, 2.05) is 0 Å². The molecule has 0 radical (unpaired) electrons. The molecule has 3 N–H and O–H groups in total. The van der Waals surface area contributed by atoms with Crippen LogP contribution in [-0.2, 0) is 12.4 Å². The van der Waals surface area contributed by atoms with Gasteiger partial charge in [0, 0.05) is 23.5 Å². The second kappa shape index (κ2) is 7.44. The van der Waals surface area contributed by atoms with E-state index < -0.39 is 29.0 Å². The van der Waals surface area contributed by atoms with Crippen molar-refractivity contribution in [3.63, 3.8) is 0 Å². The molecule has 1 aliphatic rings. The number of aromatic nitrogens is 2. The number of alkyl halides is 6. The van der Waals surface area contributed by atoms with Crippen LogP contribution in [-0.4, -0.2) is 16.0 Å². The second-order valence-corrected chi connectivity index (χ2v) is 7.24. The highest BCUT2D eigenvalue weighted by Crippen LogP contribution is 2.41. The van der Waals surface area contributed by atoms with Crippen molar-refractivity contribution < 1.29 is 26.3 Å². The van der Waals surface area contributed by atoms with Gasteiger partial charge in [0.25, 0.3) is 0 Å². The fourth-order valence-corrected chi connectivity index (χ4v) is 3.19. The Morgan fingerprint density at radius 2 is 1.61 bits per heavy atom. The number of nitrogens with zero attached hydrogens (tertiary/aromatic N) is 2. The average molecular weight is 438 g/mol. The Morgan fingerprint density at radius 1 is 0.903 bits per heavy atom. The zero-order valence-electron chi connectivity index (χ0n) is 15.8. The lowest BCUT2D eigenvalue weighted by atomic mass is 10.0. The summed E-state index contributed by atoms with van der Waals surface area (Å²) in [6, 6.07) is 8.31. The molecule has 0 bridgehead atoms. The number of anilines is 2. The van der Waals surface area contributed by atoms with Crippen LogP contribution in [0.2, 0.25) is 0 Å². The minimum absolute atomic E-state index is 0.0862. The van der Waals surface area contributed by atoms with Crippen molar-refractivity contribution in [2.24, 2.45) is 0 Å². The number of benzene rings is 1. The minimum Gasteiger partial charge on any atom is -0.383 e. The van der Waals surface area contributed by atoms with E-state index in [1.165, 1.54) is 24.3 Å². The van der Waals surface area contributed by atoms with Crippen LogP contribution in [0.4, 0.5) is 37.8 Å². The van der Waals surface area contributed by atoms with Gasteiger partial charge in [-0.2, -0.15) is 26.3 Å². The summed E-state index contributed by atoms with van der Waals surface area (Å²) in [4.78, 5) is 7.98. The largest absolute Gasteiger partial charge is 0.417 e. The molecule has 1 aliphatic carbocycles. The summed E-state index contributed by atoms with van der Waals surface area (Å²) in [5.74, 6) is -0.374. The van der Waals surface area contributed by atoms with E-state index in [2.05, 4.69) is 15.3 Å². The fraction of sp³-hybridized carbons (Fsp3) is 0.238. The van der Waals surface area contributed by atoms with Crippen molar-refractivity contribution in [1.29, 1.82) is 0 Å². The smallest absolute Gasteiger partial charge is 0.383 e. The maximum atomic E-state index is 13.6. The summed E-state index contributed by atoms with van der Waals surface area (Å²) in [6.45, 7) is 0. The Balaban J connectivity index is 1.90. The molecule has 1 fully saturated rings. The summed E-state index contributed by atoms with van der Waals surface area (Å²) in [7, 11) is 0. The van der Waals surface area contributed by atoms with Gasteiger partial charge < -0.3 is 11.1 Å². The lowest BCUT2D eigenvalue weighted by Crippen LogP contribution is -2.11. The first-order chi connectivity index (χ1) is 14.5. The Kier molecular flexibility index (Phi) is 5.03. The van der Waals surface area contributed by atoms with Crippen molar-refractivity contribution in [2.45, 2.75) is 31.2 Å². The molecule has 4 rings (SSSR count). The average Bonchev–Trinajstić information content (AvgIpc) is 3.50. The van der Waals surface area contributed by atoms with Crippen LogP contribution >= 0.6 is 0 Å². The topological polar surface area (TPSA) is 63.8 Å². The maximum Gasteiger partial charge on any atom is 0.417 e. The number of nitrogen functional groups attached to an aromatic ring is 1. The van der Waals surface area contributed by atoms with Crippen LogP contribution in [0, 0.1) is 0 Å². The normalized spacial score (nSPS) is 14.5. The Labute approximate surface area is 173 Å². The molecule has 0 atom stereocenters. The third-order valence-electron chi connectivity index (χ3n) is 4.80. The molecule has 162 valence electrons. The van der Waals surface area contributed by atoms with Gasteiger partial charge in [-0.1, -0.05) is 12.1 Å². The second-order valence-electron chi connectivity index (χ2n) is 7.24. The van der Waals surface area contributed by atoms with Crippen LogP contribution in [0.3, 0.4) is 0 Å². The number of nitrogens with one attached hydrogen (secondary N) is 1. The highest BCUT2D eigenvalue weighted by Gasteiger charge is 2.36. The van der Waals surface area contributed by atoms with E-state index in [1.54, 1.807) is 0 Å². The van der Waals surface area contributed by atoms with Crippen molar-refractivity contribution in [1.82, 2.24) is 9.97 Å². The molecule has 0 unspecified atom stereocenters. The third kappa shape index (κ3) is 4.57. The fourth-order valence-electron chi connectivity index (χ4n) is 3.19. The summed E-state index contributed by atoms with van der Waals surface area (Å²) in [6.07, 6.45) is -6.56. The number of hydrogen-bond donors (Lipinski definition) is 2. The van der Waals surface area contributed by atoms with E-state index in [4.69, 9.17) is 5.73 Å². The first kappa shape index (κ1) is 21.0. The van der Waals surface area contributed by atoms with E-state index in [0.29, 0.717) is 5.69 Å². The van der Waals surface area contributed by atoms with Crippen LogP contribution in [0.5, 0.6) is 0 Å². The number of rotatable bonds is 4. The number of pyridine rings is 2. The van der Waals surface area contributed by atoms with Gasteiger partial charge in [0.15, 0.2) is 0 Å². The monoisotopic (exact) mass is 438 g/mol. The predicted molar refractivity (Wildman–Crippen MR) is 104 cm³/mol. The molecule has 0 spiro atoms. The van der Waals surface area contributed by atoms with Crippen LogP contribution in [0.25, 0.3) is 22.5 Å². The van der Waals surface area contributed by atoms with Gasteiger partial charge in [0.2, 0.25) is 0 Å². The highest BCUT2D eigenvalue weighted by molar-refractivity contribution is 5.80. The molecule has 2 aromatic heterocycles. The molecule has 1 saturated carbocycles. The van der Waals surface area contributed by atoms with Gasteiger partial charge >= 0.3 is 12.4 Å². The molecule has 1 aromatic carbocycles. The Hall–Kier alpha value is -3.30. The SMILES string of the molecule is Nc1nccc(C(F)(F)F)c1-c1cc(NC2CC2)cc(-c2cccc(C(F)(F)F)c2)n1. The maximum absolute atomic E-state index is 13.6. The zero-order valence-corrected chi connectivity index (χ0v) is 15.8. The van der Waals surface area contributed by atoms with Crippen LogP contribution in [0.1, 0.15) is 24.0 Å². The summed E-state index contributed by atoms with van der Waals surface area (Å²) >= 11 is 0. The van der Waals surface area contributed by atoms with Gasteiger partial charge in [0.05, 0.1) is 28.1 Å². The summed E-state index contributed by atoms with van der Waals surface area (Å²) in [5.41, 5.74) is 3.96. The van der Waals surface area contributed by atoms with Gasteiger partial charge in [0.1, 0.15) is 5.82 Å². The number of hydrogen-bond acceptors (Lipinski definition) is 4. The quantitative estimate of drug-likeness (QED) is 0.490. The van der Waals surface area contributed by atoms with Gasteiger partial charge in [-0.15, -0.1) is 0 Å². The highest BCUT2D eigenvalue weighted by atomic mass is 19.4. The molecule has 10 heteroatoms. The van der Waals surface area contributed by atoms with Gasteiger partial charge in [-0.05, 0) is 43.2 Å². The molecule has 0 saturated heterocycles. The van der Waals surface area contributed by atoms with Crippen molar-refractivity contribution in [2.75, 3.05) is 11.1 Å². The molecular weight excluding hydrogens is 422 g/mol. The Bertz CT molecular complexity index is 1120. The van der Waals surface area contributed by atoms with Crippen molar-refractivity contribution in [3.05, 3.63) is 59.8 Å². The molecule has 0 amide bonds. The Morgan fingerprint density at radius 3 is 2.26 bits per heavy atom. The minimum atomic E-state index is -4.72. The van der Waals surface area contributed by atoms with Crippen molar-refractivity contribution >= 4 is 11.5 Å². The van der Waals surface area contributed by atoms with Gasteiger partial charge in [-0.3, -0.25) is 0 Å². The van der Waals surface area contributed by atoms with Crippen LogP contribution < -0.4 is 11.1 Å². The predicted octanol–water partition coefficient (Wildman–Crippen LogP) is 6.00. The van der Waals surface area contributed by atoms with E-state index >= 15 is 0 Å². The standard InChI is InChI=1S/C21H16F6N4/c22-20(23,24)12-3-1-2-11(8-12)16-9-14(30-13-4-5-13)10-17(31-16)18-15(21(25,26)27)6-7-29-19(18)28/h1-3,6-10,13H,4-5H2,(H2,28,29)(H,30,31). The van der Waals surface area contributed by atoms with Gasteiger partial charge in [-0.25, -0.2) is 9.97 Å². The number of nitrogens with two attached hydrogens (primary N) is 1. The molecule has 3 aromatic rings. The first-order valence-electron chi connectivity index (χ1n) is 9.30. The first-order valence-corrected chi connectivity index (χ1v) is 9.30. The zero-order chi connectivity index (χ0) is 22.4. The lowest BCUT2D eigenvalue weighted by molar-refractivity contribution is -0.138. The molecule has 4 nitrogen and oxygen atoms in total. The molecule has 31 heavy (non-hydrogen) atoms. The van der Waals surface area contributed by atoms with E-state index in [0.717, 1.165) is 37.2 Å². The molecular formula is C21H16F6N4. The number of halogens is 6. The van der Waals surface area contributed by atoms with Crippen LogP contribution in [0.15, 0.2) is 48.7 Å². The van der Waals surface area contributed by atoms with E-state index in [9.17, 15) is 26.3 Å².